The Balaban J connectivity index is 1.81. The fraction of sp³-hybridized carbons (Fsp3) is 0.125. The zero-order chi connectivity index (χ0) is 15.3. The summed E-state index contributed by atoms with van der Waals surface area (Å²) in [6.07, 6.45) is 0. The Bertz CT molecular complexity index is 953. The molecule has 0 saturated carbocycles. The number of para-hydroxylation sites is 2. The smallest absolute Gasteiger partial charge is 0.117 e. The van der Waals surface area contributed by atoms with Crippen molar-refractivity contribution >= 4 is 45.3 Å². The van der Waals surface area contributed by atoms with Crippen LogP contribution in [0.5, 0.6) is 0 Å². The van der Waals surface area contributed by atoms with Crippen molar-refractivity contribution in [3.63, 3.8) is 0 Å². The van der Waals surface area contributed by atoms with Gasteiger partial charge in [0.15, 0.2) is 0 Å². The topological polar surface area (TPSA) is 57.4 Å². The highest BCUT2D eigenvalue weighted by Gasteiger charge is 2.18. The van der Waals surface area contributed by atoms with Crippen LogP contribution in [-0.4, -0.2) is 19.9 Å². The molecule has 0 aliphatic carbocycles. The Morgan fingerprint density at radius 2 is 1.68 bits per heavy atom. The van der Waals surface area contributed by atoms with Crippen molar-refractivity contribution < 1.29 is 0 Å². The molecule has 0 aliphatic rings. The van der Waals surface area contributed by atoms with Crippen LogP contribution >= 0.6 is 23.2 Å². The summed E-state index contributed by atoms with van der Waals surface area (Å²) >= 11 is 12.2. The van der Waals surface area contributed by atoms with Gasteiger partial charge in [0.25, 0.3) is 0 Å². The molecule has 2 heterocycles. The number of imidazole rings is 2. The largest absolute Gasteiger partial charge is 0.341 e. The summed E-state index contributed by atoms with van der Waals surface area (Å²) in [7, 11) is 0. The summed E-state index contributed by atoms with van der Waals surface area (Å²) in [6, 6.07) is 11.5. The molecule has 4 aromatic rings. The second-order valence-corrected chi connectivity index (χ2v) is 6.11. The Kier molecular flexibility index (Phi) is 3.10. The minimum atomic E-state index is -0.00496. The molecule has 0 saturated heterocycles. The molecule has 0 radical (unpaired) electrons. The lowest BCUT2D eigenvalue weighted by molar-refractivity contribution is 0.790. The van der Waals surface area contributed by atoms with Crippen LogP contribution in [0.15, 0.2) is 36.4 Å². The fourth-order valence-corrected chi connectivity index (χ4v) is 3.11. The van der Waals surface area contributed by atoms with E-state index in [2.05, 4.69) is 19.9 Å². The second-order valence-electron chi connectivity index (χ2n) is 5.27. The number of nitrogens with one attached hydrogen (secondary N) is 2. The average molecular weight is 331 g/mol. The number of fused-ring (bicyclic) bond motifs is 2. The molecule has 4 rings (SSSR count). The van der Waals surface area contributed by atoms with E-state index >= 15 is 0 Å². The van der Waals surface area contributed by atoms with Crippen LogP contribution in [0.4, 0.5) is 0 Å². The number of aromatic nitrogens is 4. The maximum atomic E-state index is 6.20. The third-order valence-electron chi connectivity index (χ3n) is 3.75. The molecular formula is C16H12Cl2N4. The molecule has 2 aromatic carbocycles. The van der Waals surface area contributed by atoms with Crippen molar-refractivity contribution in [3.8, 4) is 0 Å². The number of H-pyrrole nitrogens is 2. The third-order valence-corrected chi connectivity index (χ3v) is 4.26. The van der Waals surface area contributed by atoms with Crippen LogP contribution in [0, 0.1) is 0 Å². The number of hydrogen-bond acceptors (Lipinski definition) is 2. The van der Waals surface area contributed by atoms with E-state index in [1.807, 2.05) is 37.3 Å². The van der Waals surface area contributed by atoms with Crippen LogP contribution in [-0.2, 0) is 0 Å². The van der Waals surface area contributed by atoms with Gasteiger partial charge >= 0.3 is 0 Å². The molecule has 4 nitrogen and oxygen atoms in total. The van der Waals surface area contributed by atoms with Crippen molar-refractivity contribution in [3.05, 3.63) is 58.1 Å². The minimum Gasteiger partial charge on any atom is -0.341 e. The van der Waals surface area contributed by atoms with E-state index in [9.17, 15) is 0 Å². The fourth-order valence-electron chi connectivity index (χ4n) is 2.57. The van der Waals surface area contributed by atoms with Crippen molar-refractivity contribution in [1.29, 1.82) is 0 Å². The van der Waals surface area contributed by atoms with Crippen LogP contribution in [0.1, 0.15) is 24.5 Å². The summed E-state index contributed by atoms with van der Waals surface area (Å²) in [5.41, 5.74) is 3.52. The van der Waals surface area contributed by atoms with Gasteiger partial charge in [-0.05, 0) is 31.2 Å². The first-order chi connectivity index (χ1) is 10.6. The van der Waals surface area contributed by atoms with Gasteiger partial charge in [-0.15, -0.1) is 0 Å². The van der Waals surface area contributed by atoms with Gasteiger partial charge in [0.05, 0.1) is 27.5 Å². The summed E-state index contributed by atoms with van der Waals surface area (Å²) in [4.78, 5) is 15.8. The molecule has 6 heteroatoms. The highest BCUT2D eigenvalue weighted by molar-refractivity contribution is 6.38. The maximum absolute atomic E-state index is 6.20. The van der Waals surface area contributed by atoms with Gasteiger partial charge < -0.3 is 9.97 Å². The molecule has 0 bridgehead atoms. The molecule has 0 fully saturated rings. The Hall–Kier alpha value is -2.04. The molecule has 0 spiro atoms. The molecule has 1 atom stereocenters. The van der Waals surface area contributed by atoms with Gasteiger partial charge in [-0.1, -0.05) is 35.3 Å². The summed E-state index contributed by atoms with van der Waals surface area (Å²) in [5, 5.41) is 1.13. The van der Waals surface area contributed by atoms with Gasteiger partial charge in [0.2, 0.25) is 0 Å². The maximum Gasteiger partial charge on any atom is 0.117 e. The van der Waals surface area contributed by atoms with E-state index in [4.69, 9.17) is 23.2 Å². The molecule has 110 valence electrons. The highest BCUT2D eigenvalue weighted by Crippen LogP contribution is 2.29. The van der Waals surface area contributed by atoms with E-state index < -0.39 is 0 Å². The number of rotatable bonds is 2. The molecule has 0 aliphatic heterocycles. The molecule has 2 aromatic heterocycles. The third kappa shape index (κ3) is 2.16. The van der Waals surface area contributed by atoms with Gasteiger partial charge in [0.1, 0.15) is 17.2 Å². The van der Waals surface area contributed by atoms with Crippen LogP contribution in [0.3, 0.4) is 0 Å². The second kappa shape index (κ2) is 5.00. The highest BCUT2D eigenvalue weighted by atomic mass is 35.5. The minimum absolute atomic E-state index is 0.00496. The van der Waals surface area contributed by atoms with Crippen molar-refractivity contribution in [2.75, 3.05) is 0 Å². The summed E-state index contributed by atoms with van der Waals surface area (Å²) in [6.45, 7) is 2.05. The quantitative estimate of drug-likeness (QED) is 0.549. The monoisotopic (exact) mass is 330 g/mol. The van der Waals surface area contributed by atoms with Gasteiger partial charge in [0, 0.05) is 5.02 Å². The van der Waals surface area contributed by atoms with Gasteiger partial charge in [-0.25, -0.2) is 9.97 Å². The number of hydrogen-bond donors (Lipinski definition) is 2. The first-order valence-electron chi connectivity index (χ1n) is 6.91. The van der Waals surface area contributed by atoms with E-state index in [0.29, 0.717) is 10.0 Å². The predicted octanol–water partition coefficient (Wildman–Crippen LogP) is 4.90. The van der Waals surface area contributed by atoms with E-state index in [0.717, 1.165) is 33.7 Å². The Morgan fingerprint density at radius 3 is 2.50 bits per heavy atom. The molecular weight excluding hydrogens is 319 g/mol. The Morgan fingerprint density at radius 1 is 0.955 bits per heavy atom. The van der Waals surface area contributed by atoms with E-state index in [1.54, 1.807) is 6.07 Å². The van der Waals surface area contributed by atoms with E-state index in [1.165, 1.54) is 0 Å². The van der Waals surface area contributed by atoms with Crippen LogP contribution < -0.4 is 0 Å². The number of benzene rings is 2. The first kappa shape index (κ1) is 13.6. The number of halogens is 2. The molecule has 2 N–H and O–H groups in total. The van der Waals surface area contributed by atoms with Crippen molar-refractivity contribution in [2.24, 2.45) is 0 Å². The van der Waals surface area contributed by atoms with Crippen LogP contribution in [0.25, 0.3) is 22.1 Å². The van der Waals surface area contributed by atoms with Crippen LogP contribution in [0.2, 0.25) is 10.0 Å². The lowest BCUT2D eigenvalue weighted by Gasteiger charge is -2.03. The SMILES string of the molecule is CC(c1nc2ccccc2[nH]1)c1nc2c(Cl)cc(Cl)cc2[nH]1. The summed E-state index contributed by atoms with van der Waals surface area (Å²) in [5.74, 6) is 1.66. The van der Waals surface area contributed by atoms with Gasteiger partial charge in [-0.2, -0.15) is 0 Å². The van der Waals surface area contributed by atoms with E-state index in [-0.39, 0.29) is 5.92 Å². The lowest BCUT2D eigenvalue weighted by atomic mass is 10.1. The zero-order valence-corrected chi connectivity index (χ0v) is 13.2. The predicted molar refractivity (Wildman–Crippen MR) is 89.7 cm³/mol. The number of aromatic amines is 2. The standard InChI is InChI=1S/C16H12Cl2N4/c1-8(15-19-11-4-2-3-5-12(11)20-15)16-21-13-7-9(17)6-10(18)14(13)22-16/h2-8H,1H3,(H,19,20)(H,21,22). The Labute approximate surface area is 136 Å². The average Bonchev–Trinajstić information content (AvgIpc) is 3.09. The van der Waals surface area contributed by atoms with Crippen molar-refractivity contribution in [2.45, 2.75) is 12.8 Å². The molecule has 1 unspecified atom stereocenters. The lowest BCUT2D eigenvalue weighted by Crippen LogP contribution is -2.00. The van der Waals surface area contributed by atoms with Gasteiger partial charge in [-0.3, -0.25) is 0 Å². The van der Waals surface area contributed by atoms with Crippen molar-refractivity contribution in [1.82, 2.24) is 19.9 Å². The molecule has 0 amide bonds. The first-order valence-corrected chi connectivity index (χ1v) is 7.67. The zero-order valence-electron chi connectivity index (χ0n) is 11.7. The normalized spacial score (nSPS) is 13.0. The molecule has 22 heavy (non-hydrogen) atoms. The number of nitrogens with zero attached hydrogens (tertiary/aromatic N) is 2. The summed E-state index contributed by atoms with van der Waals surface area (Å²) < 4.78 is 0.